The third-order valence-corrected chi connectivity index (χ3v) is 8.87. The van der Waals surface area contributed by atoms with Crippen LogP contribution in [0.3, 0.4) is 0 Å². The molecule has 150 valence electrons. The molecule has 0 amide bonds. The van der Waals surface area contributed by atoms with Crippen LogP contribution in [0.25, 0.3) is 0 Å². The first-order valence-electron chi connectivity index (χ1n) is 10.6. The predicted octanol–water partition coefficient (Wildman–Crippen LogP) is 3.01. The first-order chi connectivity index (χ1) is 12.7. The number of ketones is 1. The lowest BCUT2D eigenvalue weighted by molar-refractivity contribution is -0.143. The number of carbonyl (C=O) groups excluding carboxylic acids is 1. The van der Waals surface area contributed by atoms with Crippen molar-refractivity contribution in [2.75, 3.05) is 0 Å². The number of aliphatic hydroxyl groups excluding tert-OH is 3. The van der Waals surface area contributed by atoms with E-state index in [0.29, 0.717) is 31.1 Å². The summed E-state index contributed by atoms with van der Waals surface area (Å²) in [4.78, 5) is 13.0. The van der Waals surface area contributed by atoms with Gasteiger partial charge in [-0.05, 0) is 79.6 Å². The molecule has 9 atom stereocenters. The number of fused-ring (bicyclic) bond motifs is 5. The van der Waals surface area contributed by atoms with Gasteiger partial charge in [0.1, 0.15) is 0 Å². The maximum atomic E-state index is 13.0. The van der Waals surface area contributed by atoms with Crippen LogP contribution in [-0.2, 0) is 4.79 Å². The summed E-state index contributed by atoms with van der Waals surface area (Å²) in [6.07, 6.45) is 7.38. The monoisotopic (exact) mass is 374 g/mol. The van der Waals surface area contributed by atoms with Gasteiger partial charge >= 0.3 is 0 Å². The molecule has 3 saturated carbocycles. The van der Waals surface area contributed by atoms with Gasteiger partial charge in [0.2, 0.25) is 0 Å². The lowest BCUT2D eigenvalue weighted by Gasteiger charge is -2.57. The van der Waals surface area contributed by atoms with Gasteiger partial charge in [0, 0.05) is 5.92 Å². The molecule has 3 fully saturated rings. The Morgan fingerprint density at radius 3 is 2.56 bits per heavy atom. The second kappa shape index (κ2) is 6.53. The summed E-state index contributed by atoms with van der Waals surface area (Å²) in [6, 6.07) is 0. The maximum Gasteiger partial charge on any atom is 0.159 e. The van der Waals surface area contributed by atoms with Gasteiger partial charge in [0.05, 0.1) is 18.3 Å². The van der Waals surface area contributed by atoms with Crippen LogP contribution in [0.1, 0.15) is 58.8 Å². The lowest BCUT2D eigenvalue weighted by atomic mass is 9.47. The Labute approximate surface area is 162 Å². The summed E-state index contributed by atoms with van der Waals surface area (Å²) in [7, 11) is 0. The zero-order chi connectivity index (χ0) is 19.6. The lowest BCUT2D eigenvalue weighted by Crippen LogP contribution is -2.56. The SMILES string of the molecule is C=CCC(O)C1CCC2C3=CC(=O)C4CC(O)C(O)CC4(C)C3CCC21C. The van der Waals surface area contributed by atoms with E-state index in [2.05, 4.69) is 20.4 Å². The van der Waals surface area contributed by atoms with Crippen LogP contribution >= 0.6 is 0 Å². The largest absolute Gasteiger partial charge is 0.392 e. The predicted molar refractivity (Wildman–Crippen MR) is 104 cm³/mol. The van der Waals surface area contributed by atoms with Crippen molar-refractivity contribution in [3.63, 3.8) is 0 Å². The van der Waals surface area contributed by atoms with Crippen LogP contribution in [0.15, 0.2) is 24.3 Å². The highest BCUT2D eigenvalue weighted by Crippen LogP contribution is 2.65. The minimum Gasteiger partial charge on any atom is -0.392 e. The van der Waals surface area contributed by atoms with E-state index in [4.69, 9.17) is 0 Å². The molecule has 0 aromatic rings. The summed E-state index contributed by atoms with van der Waals surface area (Å²) in [5.74, 6) is 0.843. The topological polar surface area (TPSA) is 77.8 Å². The zero-order valence-corrected chi connectivity index (χ0v) is 16.6. The van der Waals surface area contributed by atoms with E-state index in [0.717, 1.165) is 25.7 Å². The summed E-state index contributed by atoms with van der Waals surface area (Å²) in [6.45, 7) is 8.24. The summed E-state index contributed by atoms with van der Waals surface area (Å²) >= 11 is 0. The van der Waals surface area contributed by atoms with E-state index >= 15 is 0 Å². The van der Waals surface area contributed by atoms with Crippen LogP contribution in [-0.4, -0.2) is 39.4 Å². The number of carbonyl (C=O) groups is 1. The number of rotatable bonds is 3. The molecular formula is C23H34O4. The van der Waals surface area contributed by atoms with E-state index in [1.54, 1.807) is 6.08 Å². The summed E-state index contributed by atoms with van der Waals surface area (Å²) < 4.78 is 0. The first-order valence-corrected chi connectivity index (χ1v) is 10.6. The van der Waals surface area contributed by atoms with Crippen molar-refractivity contribution >= 4 is 5.78 Å². The number of hydrogen-bond acceptors (Lipinski definition) is 4. The molecule has 4 aliphatic rings. The van der Waals surface area contributed by atoms with E-state index < -0.39 is 12.2 Å². The molecule has 4 rings (SSSR count). The molecule has 0 aromatic carbocycles. The fourth-order valence-electron chi connectivity index (χ4n) is 7.40. The number of allylic oxidation sites excluding steroid dienone is 2. The number of aliphatic hydroxyl groups is 3. The van der Waals surface area contributed by atoms with Gasteiger partial charge in [-0.1, -0.05) is 25.5 Å². The van der Waals surface area contributed by atoms with Crippen LogP contribution in [0.5, 0.6) is 0 Å². The molecule has 0 bridgehead atoms. The highest BCUT2D eigenvalue weighted by atomic mass is 16.3. The van der Waals surface area contributed by atoms with Crippen molar-refractivity contribution in [3.05, 3.63) is 24.3 Å². The van der Waals surface area contributed by atoms with Gasteiger partial charge in [-0.25, -0.2) is 0 Å². The molecule has 0 aromatic heterocycles. The molecule has 0 heterocycles. The Morgan fingerprint density at radius 2 is 1.85 bits per heavy atom. The average Bonchev–Trinajstić information content (AvgIpc) is 2.95. The van der Waals surface area contributed by atoms with Crippen LogP contribution < -0.4 is 0 Å². The highest BCUT2D eigenvalue weighted by Gasteiger charge is 2.60. The van der Waals surface area contributed by atoms with Gasteiger partial charge in [-0.2, -0.15) is 0 Å². The summed E-state index contributed by atoms with van der Waals surface area (Å²) in [5, 5.41) is 31.2. The third-order valence-electron chi connectivity index (χ3n) is 8.87. The van der Waals surface area contributed by atoms with Crippen molar-refractivity contribution in [3.8, 4) is 0 Å². The Bertz CT molecular complexity index is 669. The molecule has 0 saturated heterocycles. The van der Waals surface area contributed by atoms with Gasteiger partial charge in [-0.3, -0.25) is 4.79 Å². The van der Waals surface area contributed by atoms with E-state index in [9.17, 15) is 20.1 Å². The molecular weight excluding hydrogens is 340 g/mol. The first kappa shape index (κ1) is 19.4. The molecule has 0 radical (unpaired) electrons. The number of hydrogen-bond donors (Lipinski definition) is 3. The van der Waals surface area contributed by atoms with Gasteiger partial charge < -0.3 is 15.3 Å². The fourth-order valence-corrected chi connectivity index (χ4v) is 7.40. The van der Waals surface area contributed by atoms with Crippen LogP contribution in [0, 0.1) is 34.5 Å². The Hall–Kier alpha value is -0.970. The van der Waals surface area contributed by atoms with Crippen molar-refractivity contribution in [2.45, 2.75) is 77.1 Å². The molecule has 27 heavy (non-hydrogen) atoms. The summed E-state index contributed by atoms with van der Waals surface area (Å²) in [5.41, 5.74) is 1.03. The molecule has 4 nitrogen and oxygen atoms in total. The smallest absolute Gasteiger partial charge is 0.159 e. The Morgan fingerprint density at radius 1 is 1.15 bits per heavy atom. The molecule has 9 unspecified atom stereocenters. The van der Waals surface area contributed by atoms with Crippen LogP contribution in [0.2, 0.25) is 0 Å². The highest BCUT2D eigenvalue weighted by molar-refractivity contribution is 5.94. The quantitative estimate of drug-likeness (QED) is 0.664. The van der Waals surface area contributed by atoms with Crippen LogP contribution in [0.4, 0.5) is 0 Å². The Balaban J connectivity index is 1.68. The molecule has 3 N–H and O–H groups in total. The second-order valence-electron chi connectivity index (χ2n) is 10.1. The third kappa shape index (κ3) is 2.71. The van der Waals surface area contributed by atoms with Crippen molar-refractivity contribution in [1.82, 2.24) is 0 Å². The van der Waals surface area contributed by atoms with E-state index in [-0.39, 0.29) is 34.6 Å². The van der Waals surface area contributed by atoms with E-state index in [1.165, 1.54) is 5.57 Å². The van der Waals surface area contributed by atoms with Crippen molar-refractivity contribution in [1.29, 1.82) is 0 Å². The zero-order valence-electron chi connectivity index (χ0n) is 16.6. The standard InChI is InChI=1S/C23H34O4/c1-4-5-18(24)16-7-6-14-13-10-19(25)17-11-20(26)21(27)12-23(17,3)15(13)8-9-22(14,16)2/h4,10,14-18,20-21,24,26-27H,1,5-9,11-12H2,2-3H3. The van der Waals surface area contributed by atoms with Gasteiger partial charge in [-0.15, -0.1) is 6.58 Å². The van der Waals surface area contributed by atoms with Gasteiger partial charge in [0.25, 0.3) is 0 Å². The molecule has 4 aliphatic carbocycles. The minimum atomic E-state index is -0.791. The molecule has 4 heteroatoms. The minimum absolute atomic E-state index is 0.0288. The van der Waals surface area contributed by atoms with E-state index in [1.807, 2.05) is 6.08 Å². The Kier molecular flexibility index (Phi) is 4.68. The van der Waals surface area contributed by atoms with Crippen molar-refractivity contribution < 1.29 is 20.1 Å². The molecule has 0 aliphatic heterocycles. The van der Waals surface area contributed by atoms with Gasteiger partial charge in [0.15, 0.2) is 5.78 Å². The molecule has 0 spiro atoms. The van der Waals surface area contributed by atoms with Crippen molar-refractivity contribution in [2.24, 2.45) is 34.5 Å². The second-order valence-corrected chi connectivity index (χ2v) is 10.1. The fraction of sp³-hybridized carbons (Fsp3) is 0.783. The maximum absolute atomic E-state index is 13.0. The average molecular weight is 375 g/mol. The normalized spacial score (nSPS) is 50.3.